The molecule has 6 nitrogen and oxygen atoms in total. The number of anilines is 3. The Bertz CT molecular complexity index is 998. The zero-order valence-corrected chi connectivity index (χ0v) is 17.4. The van der Waals surface area contributed by atoms with Crippen molar-refractivity contribution in [1.82, 2.24) is 9.97 Å². The number of nitrogens with zero attached hydrogens (tertiary/aromatic N) is 4. The van der Waals surface area contributed by atoms with E-state index in [0.29, 0.717) is 17.4 Å². The van der Waals surface area contributed by atoms with E-state index < -0.39 is 0 Å². The van der Waals surface area contributed by atoms with Gasteiger partial charge in [0.05, 0.1) is 0 Å². The molecule has 1 aliphatic rings. The lowest BCUT2D eigenvalue weighted by molar-refractivity contribution is 0.463. The zero-order chi connectivity index (χ0) is 20.4. The maximum absolute atomic E-state index is 6.38. The Kier molecular flexibility index (Phi) is 5.45. The van der Waals surface area contributed by atoms with Crippen molar-refractivity contribution in [3.63, 3.8) is 0 Å². The predicted octanol–water partition coefficient (Wildman–Crippen LogP) is 4.45. The number of rotatable bonds is 4. The van der Waals surface area contributed by atoms with Crippen LogP contribution in [0.1, 0.15) is 11.1 Å². The van der Waals surface area contributed by atoms with Crippen LogP contribution in [0.5, 0.6) is 11.6 Å². The third-order valence-electron chi connectivity index (χ3n) is 4.99. The molecule has 0 saturated carbocycles. The molecule has 29 heavy (non-hydrogen) atoms. The fourth-order valence-corrected chi connectivity index (χ4v) is 3.84. The molecule has 0 atom stereocenters. The summed E-state index contributed by atoms with van der Waals surface area (Å²) < 4.78 is 5.98. The first-order valence-corrected chi connectivity index (χ1v) is 9.99. The summed E-state index contributed by atoms with van der Waals surface area (Å²) in [6, 6.07) is 14.0. The van der Waals surface area contributed by atoms with Crippen LogP contribution in [-0.4, -0.2) is 36.1 Å². The number of benzene rings is 2. The molecule has 0 unspecified atom stereocenters. The molecule has 7 heteroatoms. The minimum absolute atomic E-state index is 0.386. The highest BCUT2D eigenvalue weighted by atomic mass is 35.5. The highest BCUT2D eigenvalue weighted by Crippen LogP contribution is 2.33. The summed E-state index contributed by atoms with van der Waals surface area (Å²) in [6.45, 7) is 7.39. The summed E-state index contributed by atoms with van der Waals surface area (Å²) in [5.41, 5.74) is 10.2. The van der Waals surface area contributed by atoms with E-state index in [1.54, 1.807) is 0 Å². The molecule has 1 fully saturated rings. The lowest BCUT2D eigenvalue weighted by atomic mass is 10.1. The standard InChI is InChI=1S/C22H24ClN5O/c1-15-10-16(2)12-19(11-15)29-22-20(24)21(25-14-26-22)28-8-6-27(7-9-28)18-5-3-4-17(23)13-18/h3-5,10-14H,6-9,24H2,1-2H3. The largest absolute Gasteiger partial charge is 0.437 e. The number of ether oxygens (including phenoxy) is 1. The van der Waals surface area contributed by atoms with Crippen molar-refractivity contribution in [3.05, 3.63) is 64.9 Å². The molecule has 0 amide bonds. The Morgan fingerprint density at radius 2 is 1.62 bits per heavy atom. The summed E-state index contributed by atoms with van der Waals surface area (Å²) in [4.78, 5) is 13.2. The van der Waals surface area contributed by atoms with Gasteiger partial charge in [-0.05, 0) is 55.3 Å². The number of hydrogen-bond donors (Lipinski definition) is 1. The van der Waals surface area contributed by atoms with Gasteiger partial charge in [-0.2, -0.15) is 4.98 Å². The number of hydrogen-bond acceptors (Lipinski definition) is 6. The third kappa shape index (κ3) is 4.38. The quantitative estimate of drug-likeness (QED) is 0.686. The second-order valence-electron chi connectivity index (χ2n) is 7.30. The molecule has 2 N–H and O–H groups in total. The Morgan fingerprint density at radius 3 is 2.31 bits per heavy atom. The van der Waals surface area contributed by atoms with E-state index in [9.17, 15) is 0 Å². The van der Waals surface area contributed by atoms with Gasteiger partial charge in [0.1, 0.15) is 17.8 Å². The molecule has 150 valence electrons. The number of piperazine rings is 1. The van der Waals surface area contributed by atoms with Crippen molar-refractivity contribution >= 4 is 28.8 Å². The van der Waals surface area contributed by atoms with Gasteiger partial charge in [0.25, 0.3) is 0 Å². The SMILES string of the molecule is Cc1cc(C)cc(Oc2ncnc(N3CCN(c4cccc(Cl)c4)CC3)c2N)c1. The van der Waals surface area contributed by atoms with Crippen molar-refractivity contribution < 1.29 is 4.74 Å². The van der Waals surface area contributed by atoms with Crippen molar-refractivity contribution in [3.8, 4) is 11.6 Å². The molecule has 1 saturated heterocycles. The lowest BCUT2D eigenvalue weighted by Gasteiger charge is -2.37. The summed E-state index contributed by atoms with van der Waals surface area (Å²) in [6.07, 6.45) is 1.51. The van der Waals surface area contributed by atoms with Crippen LogP contribution < -0.4 is 20.3 Å². The molecular weight excluding hydrogens is 386 g/mol. The highest BCUT2D eigenvalue weighted by Gasteiger charge is 2.22. The van der Waals surface area contributed by atoms with Crippen LogP contribution in [0.4, 0.5) is 17.2 Å². The number of aromatic nitrogens is 2. The Hall–Kier alpha value is -2.99. The van der Waals surface area contributed by atoms with Crippen LogP contribution in [0.3, 0.4) is 0 Å². The van der Waals surface area contributed by atoms with E-state index in [2.05, 4.69) is 31.9 Å². The zero-order valence-electron chi connectivity index (χ0n) is 16.6. The van der Waals surface area contributed by atoms with Gasteiger partial charge in [0.15, 0.2) is 5.82 Å². The Morgan fingerprint density at radius 1 is 0.931 bits per heavy atom. The van der Waals surface area contributed by atoms with Crippen LogP contribution in [-0.2, 0) is 0 Å². The molecule has 1 aromatic heterocycles. The maximum Gasteiger partial charge on any atom is 0.248 e. The summed E-state index contributed by atoms with van der Waals surface area (Å²) in [7, 11) is 0. The molecule has 3 aromatic rings. The molecule has 0 radical (unpaired) electrons. The van der Waals surface area contributed by atoms with Gasteiger partial charge in [-0.25, -0.2) is 4.98 Å². The van der Waals surface area contributed by atoms with Gasteiger partial charge in [-0.15, -0.1) is 0 Å². The average Bonchev–Trinajstić information content (AvgIpc) is 2.69. The second-order valence-corrected chi connectivity index (χ2v) is 7.73. The molecule has 0 spiro atoms. The Balaban J connectivity index is 1.49. The minimum Gasteiger partial charge on any atom is -0.437 e. The van der Waals surface area contributed by atoms with Crippen molar-refractivity contribution in [2.24, 2.45) is 0 Å². The molecule has 2 heterocycles. The normalized spacial score (nSPS) is 14.2. The van der Waals surface area contributed by atoms with E-state index in [4.69, 9.17) is 22.1 Å². The topological polar surface area (TPSA) is 67.5 Å². The van der Waals surface area contributed by atoms with Crippen LogP contribution in [0, 0.1) is 13.8 Å². The van der Waals surface area contributed by atoms with Crippen molar-refractivity contribution in [2.75, 3.05) is 41.7 Å². The molecule has 2 aromatic carbocycles. The number of halogens is 1. The van der Waals surface area contributed by atoms with E-state index in [-0.39, 0.29) is 0 Å². The fraction of sp³-hybridized carbons (Fsp3) is 0.273. The fourth-order valence-electron chi connectivity index (χ4n) is 3.66. The third-order valence-corrected chi connectivity index (χ3v) is 5.22. The van der Waals surface area contributed by atoms with Gasteiger partial charge in [0, 0.05) is 36.9 Å². The number of nitrogen functional groups attached to an aromatic ring is 1. The lowest BCUT2D eigenvalue weighted by Crippen LogP contribution is -2.47. The van der Waals surface area contributed by atoms with E-state index in [0.717, 1.165) is 53.8 Å². The smallest absolute Gasteiger partial charge is 0.248 e. The number of aryl methyl sites for hydroxylation is 2. The maximum atomic E-state index is 6.38. The van der Waals surface area contributed by atoms with Gasteiger partial charge in [0.2, 0.25) is 5.88 Å². The minimum atomic E-state index is 0.386. The monoisotopic (exact) mass is 409 g/mol. The van der Waals surface area contributed by atoms with Crippen LogP contribution in [0.25, 0.3) is 0 Å². The van der Waals surface area contributed by atoms with Gasteiger partial charge >= 0.3 is 0 Å². The summed E-state index contributed by atoms with van der Waals surface area (Å²) in [5.74, 6) is 1.83. The van der Waals surface area contributed by atoms with Crippen LogP contribution >= 0.6 is 11.6 Å². The van der Waals surface area contributed by atoms with Crippen molar-refractivity contribution in [1.29, 1.82) is 0 Å². The average molecular weight is 410 g/mol. The highest BCUT2D eigenvalue weighted by molar-refractivity contribution is 6.30. The molecule has 4 rings (SSSR count). The van der Waals surface area contributed by atoms with Gasteiger partial charge in [-0.1, -0.05) is 23.7 Å². The van der Waals surface area contributed by atoms with E-state index in [1.165, 1.54) is 6.33 Å². The van der Waals surface area contributed by atoms with Gasteiger partial charge in [-0.3, -0.25) is 0 Å². The van der Waals surface area contributed by atoms with E-state index in [1.807, 2.05) is 44.2 Å². The van der Waals surface area contributed by atoms with Crippen LogP contribution in [0.2, 0.25) is 5.02 Å². The molecule has 0 aliphatic carbocycles. The molecular formula is C22H24ClN5O. The molecule has 1 aliphatic heterocycles. The molecule has 0 bridgehead atoms. The first-order chi connectivity index (χ1) is 14.0. The predicted molar refractivity (Wildman–Crippen MR) is 118 cm³/mol. The first-order valence-electron chi connectivity index (χ1n) is 9.62. The number of nitrogens with two attached hydrogens (primary N) is 1. The first kappa shape index (κ1) is 19.3. The van der Waals surface area contributed by atoms with Gasteiger partial charge < -0.3 is 20.3 Å². The van der Waals surface area contributed by atoms with E-state index >= 15 is 0 Å². The summed E-state index contributed by atoms with van der Waals surface area (Å²) in [5, 5.41) is 0.748. The second kappa shape index (κ2) is 8.17. The van der Waals surface area contributed by atoms with Crippen LogP contribution in [0.15, 0.2) is 48.8 Å². The Labute approximate surface area is 175 Å². The van der Waals surface area contributed by atoms with Crippen molar-refractivity contribution in [2.45, 2.75) is 13.8 Å². The summed E-state index contributed by atoms with van der Waals surface area (Å²) >= 11 is 6.13.